The van der Waals surface area contributed by atoms with Gasteiger partial charge < -0.3 is 5.73 Å². The lowest BCUT2D eigenvalue weighted by Crippen LogP contribution is -2.17. The molecule has 1 aromatic carbocycles. The molecule has 2 rings (SSSR count). The molecular formula is C14H17ClFN3. The van der Waals surface area contributed by atoms with E-state index >= 15 is 0 Å². The summed E-state index contributed by atoms with van der Waals surface area (Å²) < 4.78 is 15.4. The summed E-state index contributed by atoms with van der Waals surface area (Å²) in [6, 6.07) is 6.11. The number of rotatable bonds is 4. The number of nitrogens with two attached hydrogens (primary N) is 1. The Hall–Kier alpha value is -1.39. The molecule has 3 nitrogen and oxygen atoms in total. The summed E-state index contributed by atoms with van der Waals surface area (Å²) in [5.41, 5.74) is 8.26. The molecular weight excluding hydrogens is 265 g/mol. The van der Waals surface area contributed by atoms with E-state index in [1.54, 1.807) is 22.9 Å². The number of aromatic nitrogens is 2. The van der Waals surface area contributed by atoms with Crippen LogP contribution in [0.5, 0.6) is 0 Å². The van der Waals surface area contributed by atoms with Gasteiger partial charge in [0.2, 0.25) is 0 Å². The highest BCUT2D eigenvalue weighted by Gasteiger charge is 2.18. The molecule has 0 amide bonds. The maximum Gasteiger partial charge on any atom is 0.127 e. The highest BCUT2D eigenvalue weighted by Crippen LogP contribution is 2.26. The summed E-state index contributed by atoms with van der Waals surface area (Å²) in [6.07, 6.45) is 1.23. The van der Waals surface area contributed by atoms with Gasteiger partial charge in [0.15, 0.2) is 0 Å². The van der Waals surface area contributed by atoms with Crippen LogP contribution >= 0.6 is 11.6 Å². The molecule has 1 atom stereocenters. The van der Waals surface area contributed by atoms with Crippen molar-refractivity contribution in [2.24, 2.45) is 12.8 Å². The molecule has 102 valence electrons. The Morgan fingerprint density at radius 1 is 1.42 bits per heavy atom. The van der Waals surface area contributed by atoms with Crippen molar-refractivity contribution in [2.75, 3.05) is 0 Å². The molecule has 2 N–H and O–H groups in total. The second kappa shape index (κ2) is 5.72. The van der Waals surface area contributed by atoms with Crippen molar-refractivity contribution in [3.63, 3.8) is 0 Å². The van der Waals surface area contributed by atoms with Gasteiger partial charge in [-0.15, -0.1) is 0 Å². The van der Waals surface area contributed by atoms with Crippen molar-refractivity contribution in [1.82, 2.24) is 9.78 Å². The Labute approximate surface area is 117 Å². The van der Waals surface area contributed by atoms with E-state index in [2.05, 4.69) is 5.10 Å². The van der Waals surface area contributed by atoms with E-state index in [1.807, 2.05) is 14.0 Å². The number of nitrogens with zero attached hydrogens (tertiary/aromatic N) is 2. The van der Waals surface area contributed by atoms with E-state index in [-0.39, 0.29) is 5.82 Å². The number of halogens is 2. The molecule has 1 unspecified atom stereocenters. The fraction of sp³-hybridized carbons (Fsp3) is 0.357. The third-order valence-corrected chi connectivity index (χ3v) is 3.66. The molecule has 5 heteroatoms. The Kier molecular flexibility index (Phi) is 4.22. The summed E-state index contributed by atoms with van der Waals surface area (Å²) >= 11 is 6.27. The molecule has 0 aliphatic rings. The smallest absolute Gasteiger partial charge is 0.127 e. The minimum atomic E-state index is -0.432. The molecule has 0 spiro atoms. The number of benzene rings is 1. The third kappa shape index (κ3) is 2.80. The molecule has 0 aliphatic heterocycles. The first-order valence-corrected chi connectivity index (χ1v) is 6.62. The standard InChI is InChI=1S/C14H17ClFN3/c1-3-12-14(15)13(19(2)18-12)8-11(17)9-6-4-5-7-10(9)16/h4-7,11H,3,8,17H2,1-2H3. The minimum Gasteiger partial charge on any atom is -0.324 e. The lowest BCUT2D eigenvalue weighted by molar-refractivity contribution is 0.569. The zero-order chi connectivity index (χ0) is 14.0. The van der Waals surface area contributed by atoms with Gasteiger partial charge in [0.05, 0.1) is 16.4 Å². The zero-order valence-electron chi connectivity index (χ0n) is 11.0. The molecule has 0 aliphatic carbocycles. The molecule has 2 aromatic rings. The van der Waals surface area contributed by atoms with E-state index in [1.165, 1.54) is 6.07 Å². The van der Waals surface area contributed by atoms with E-state index < -0.39 is 6.04 Å². The topological polar surface area (TPSA) is 43.8 Å². The third-order valence-electron chi connectivity index (χ3n) is 3.22. The lowest BCUT2D eigenvalue weighted by atomic mass is 10.0. The second-order valence-electron chi connectivity index (χ2n) is 4.52. The van der Waals surface area contributed by atoms with Gasteiger partial charge in [0.1, 0.15) is 5.82 Å². The summed E-state index contributed by atoms with van der Waals surface area (Å²) in [5.74, 6) is -0.288. The van der Waals surface area contributed by atoms with Crippen LogP contribution in [-0.2, 0) is 19.9 Å². The summed E-state index contributed by atoms with van der Waals surface area (Å²) in [6.45, 7) is 1.99. The van der Waals surface area contributed by atoms with Gasteiger partial charge in [-0.2, -0.15) is 5.10 Å². The average Bonchev–Trinajstić information content (AvgIpc) is 2.66. The quantitative estimate of drug-likeness (QED) is 0.936. The highest BCUT2D eigenvalue weighted by atomic mass is 35.5. The summed E-state index contributed by atoms with van der Waals surface area (Å²) in [7, 11) is 1.83. The predicted molar refractivity (Wildman–Crippen MR) is 74.6 cm³/mol. The lowest BCUT2D eigenvalue weighted by Gasteiger charge is -2.13. The first-order chi connectivity index (χ1) is 9.04. The summed E-state index contributed by atoms with van der Waals surface area (Å²) in [4.78, 5) is 0. The summed E-state index contributed by atoms with van der Waals surface area (Å²) in [5, 5.41) is 4.97. The molecule has 0 fully saturated rings. The van der Waals surface area contributed by atoms with Crippen LogP contribution in [0, 0.1) is 5.82 Å². The predicted octanol–water partition coefficient (Wildman–Crippen LogP) is 3.02. The van der Waals surface area contributed by atoms with E-state index in [9.17, 15) is 4.39 Å². The van der Waals surface area contributed by atoms with E-state index in [4.69, 9.17) is 17.3 Å². The molecule has 0 saturated heterocycles. The molecule has 1 heterocycles. The Balaban J connectivity index is 2.27. The van der Waals surface area contributed by atoms with Crippen molar-refractivity contribution in [2.45, 2.75) is 25.8 Å². The van der Waals surface area contributed by atoms with Gasteiger partial charge >= 0.3 is 0 Å². The Morgan fingerprint density at radius 2 is 2.11 bits per heavy atom. The second-order valence-corrected chi connectivity index (χ2v) is 4.89. The molecule has 19 heavy (non-hydrogen) atoms. The fourth-order valence-corrected chi connectivity index (χ4v) is 2.51. The molecule has 0 saturated carbocycles. The van der Waals surface area contributed by atoms with Crippen LogP contribution in [-0.4, -0.2) is 9.78 Å². The van der Waals surface area contributed by atoms with Crippen LogP contribution in [0.25, 0.3) is 0 Å². The van der Waals surface area contributed by atoms with Gasteiger partial charge in [-0.25, -0.2) is 4.39 Å². The van der Waals surface area contributed by atoms with Gasteiger partial charge in [0, 0.05) is 25.1 Å². The van der Waals surface area contributed by atoms with Gasteiger partial charge in [-0.1, -0.05) is 36.7 Å². The zero-order valence-corrected chi connectivity index (χ0v) is 11.8. The van der Waals surface area contributed by atoms with Crippen molar-refractivity contribution >= 4 is 11.6 Å². The average molecular weight is 282 g/mol. The van der Waals surface area contributed by atoms with Crippen LogP contribution in [0.3, 0.4) is 0 Å². The largest absolute Gasteiger partial charge is 0.324 e. The monoisotopic (exact) mass is 281 g/mol. The van der Waals surface area contributed by atoms with Gasteiger partial charge in [0.25, 0.3) is 0 Å². The van der Waals surface area contributed by atoms with Crippen LogP contribution in [0.2, 0.25) is 5.02 Å². The maximum absolute atomic E-state index is 13.7. The van der Waals surface area contributed by atoms with Gasteiger partial charge in [-0.05, 0) is 12.5 Å². The van der Waals surface area contributed by atoms with Crippen LogP contribution in [0.4, 0.5) is 4.39 Å². The van der Waals surface area contributed by atoms with Crippen LogP contribution in [0.15, 0.2) is 24.3 Å². The fourth-order valence-electron chi connectivity index (χ4n) is 2.14. The number of hydrogen-bond donors (Lipinski definition) is 1. The number of aryl methyl sites for hydroxylation is 2. The Morgan fingerprint density at radius 3 is 2.68 bits per heavy atom. The maximum atomic E-state index is 13.7. The number of hydrogen-bond acceptors (Lipinski definition) is 2. The molecule has 0 bridgehead atoms. The van der Waals surface area contributed by atoms with Crippen molar-refractivity contribution in [1.29, 1.82) is 0 Å². The minimum absolute atomic E-state index is 0.288. The Bertz CT molecular complexity index is 580. The first-order valence-electron chi connectivity index (χ1n) is 6.24. The van der Waals surface area contributed by atoms with E-state index in [0.29, 0.717) is 17.0 Å². The van der Waals surface area contributed by atoms with Crippen molar-refractivity contribution in [3.05, 3.63) is 52.1 Å². The van der Waals surface area contributed by atoms with Crippen molar-refractivity contribution in [3.8, 4) is 0 Å². The van der Waals surface area contributed by atoms with Crippen LogP contribution < -0.4 is 5.73 Å². The molecule has 1 aromatic heterocycles. The first kappa shape index (κ1) is 14.0. The van der Waals surface area contributed by atoms with Crippen molar-refractivity contribution < 1.29 is 4.39 Å². The van der Waals surface area contributed by atoms with Gasteiger partial charge in [-0.3, -0.25) is 4.68 Å². The molecule has 0 radical (unpaired) electrons. The van der Waals surface area contributed by atoms with Crippen LogP contribution in [0.1, 0.15) is 29.9 Å². The SMILES string of the molecule is CCc1nn(C)c(CC(N)c2ccccc2F)c1Cl. The van der Waals surface area contributed by atoms with E-state index in [0.717, 1.165) is 17.8 Å². The normalized spacial score (nSPS) is 12.7. The highest BCUT2D eigenvalue weighted by molar-refractivity contribution is 6.31.